The maximum absolute atomic E-state index is 10.8. The molecule has 0 aliphatic rings. The third-order valence-corrected chi connectivity index (χ3v) is 2.60. The molecule has 0 aromatic rings. The van der Waals surface area contributed by atoms with Gasteiger partial charge in [0.15, 0.2) is 5.78 Å². The van der Waals surface area contributed by atoms with Gasteiger partial charge in [0.05, 0.1) is 0 Å². The maximum atomic E-state index is 10.8. The van der Waals surface area contributed by atoms with Crippen molar-refractivity contribution in [1.82, 2.24) is 0 Å². The number of aliphatic hydroxyl groups excluding tert-OH is 1. The number of aliphatic carboxylic acids is 1. The summed E-state index contributed by atoms with van der Waals surface area (Å²) in [6, 6.07) is 0. The van der Waals surface area contributed by atoms with Gasteiger partial charge in [0.25, 0.3) is 0 Å². The Morgan fingerprint density at radius 1 is 1.00 bits per heavy atom. The van der Waals surface area contributed by atoms with Gasteiger partial charge in [-0.3, -0.25) is 9.59 Å². The van der Waals surface area contributed by atoms with Crippen LogP contribution in [0.5, 0.6) is 0 Å². The minimum absolute atomic E-state index is 0.0765. The van der Waals surface area contributed by atoms with Gasteiger partial charge in [0.2, 0.25) is 0 Å². The van der Waals surface area contributed by atoms with Crippen molar-refractivity contribution in [3.8, 4) is 0 Å². The van der Waals surface area contributed by atoms with Crippen molar-refractivity contribution in [3.05, 3.63) is 10.8 Å². The molecule has 0 rings (SSSR count). The molecule has 0 fully saturated rings. The average Bonchev–Trinajstić information content (AvgIpc) is 2.21. The van der Waals surface area contributed by atoms with E-state index in [2.05, 4.69) is 0 Å². The molecule has 0 unspecified atom stereocenters. The number of hydrogen-bond donors (Lipinski definition) is 2. The molecule has 0 aromatic heterocycles. The Morgan fingerprint density at radius 2 is 1.50 bits per heavy atom. The number of aliphatic hydroxyl groups is 1. The van der Waals surface area contributed by atoms with Gasteiger partial charge < -0.3 is 10.2 Å². The number of carboxylic acids is 1. The van der Waals surface area contributed by atoms with Crippen LogP contribution in [-0.2, 0) is 9.59 Å². The molecule has 2 N–H and O–H groups in total. The molecule has 0 atom stereocenters. The molecule has 0 spiro atoms. The third kappa shape index (κ3) is 7.29. The largest absolute Gasteiger partial charge is 0.511 e. The predicted octanol–water partition coefficient (Wildman–Crippen LogP) is 3.01. The van der Waals surface area contributed by atoms with Gasteiger partial charge in [-0.2, -0.15) is 0 Å². The summed E-state index contributed by atoms with van der Waals surface area (Å²) in [4.78, 5) is 21.0. The number of hydrogen-bond acceptors (Lipinski definition) is 3. The highest BCUT2D eigenvalue weighted by molar-refractivity contribution is 6.42. The minimum Gasteiger partial charge on any atom is -0.511 e. The molecule has 0 radical (unpaired) electrons. The number of Topliss-reactive ketones (excluding diaryl/α,β-unsaturated/α-hetero) is 1. The quantitative estimate of drug-likeness (QED) is 0.393. The molecule has 92 valence electrons. The normalized spacial score (nSPS) is 12.1. The van der Waals surface area contributed by atoms with Crippen LogP contribution in [0.2, 0.25) is 0 Å². The first-order chi connectivity index (χ1) is 7.45. The molecule has 0 saturated heterocycles. The van der Waals surface area contributed by atoms with Gasteiger partial charge in [0, 0.05) is 19.8 Å². The number of carbonyl (C=O) groups excluding carboxylic acids is 1. The van der Waals surface area contributed by atoms with Crippen molar-refractivity contribution in [2.75, 3.05) is 0 Å². The zero-order valence-corrected chi connectivity index (χ0v) is 10.1. The van der Waals surface area contributed by atoms with Gasteiger partial charge in [-0.1, -0.05) is 24.4 Å². The van der Waals surface area contributed by atoms with E-state index in [-0.39, 0.29) is 23.0 Å². The first-order valence-corrected chi connectivity index (χ1v) is 5.63. The minimum atomic E-state index is -0.789. The highest BCUT2D eigenvalue weighted by Gasteiger charge is 2.07. The molecule has 0 bridgehead atoms. The fourth-order valence-corrected chi connectivity index (χ4v) is 1.33. The second-order valence-electron chi connectivity index (χ2n) is 3.62. The topological polar surface area (TPSA) is 74.6 Å². The second kappa shape index (κ2) is 8.16. The zero-order valence-electron chi connectivity index (χ0n) is 9.33. The first-order valence-electron chi connectivity index (χ1n) is 5.25. The summed E-state index contributed by atoms with van der Waals surface area (Å²) in [6.45, 7) is 1.30. The highest BCUT2D eigenvalue weighted by atomic mass is 35.5. The Bertz CT molecular complexity index is 284. The number of allylic oxidation sites excluding steroid dienone is 2. The number of carboxylic acid groups (broad SMARTS) is 1. The molecular formula is C11H17ClO4. The van der Waals surface area contributed by atoms with E-state index in [4.69, 9.17) is 16.7 Å². The van der Waals surface area contributed by atoms with Crippen molar-refractivity contribution in [2.24, 2.45) is 0 Å². The summed E-state index contributed by atoms with van der Waals surface area (Å²) in [7, 11) is 0. The second-order valence-corrected chi connectivity index (χ2v) is 4.00. The van der Waals surface area contributed by atoms with Gasteiger partial charge in [-0.25, -0.2) is 0 Å². The van der Waals surface area contributed by atoms with Crippen molar-refractivity contribution in [2.45, 2.75) is 45.4 Å². The molecule has 0 aliphatic heterocycles. The summed E-state index contributed by atoms with van der Waals surface area (Å²) >= 11 is 5.55. The first kappa shape index (κ1) is 15.0. The van der Waals surface area contributed by atoms with Crippen molar-refractivity contribution >= 4 is 23.4 Å². The molecule has 0 saturated carbocycles. The predicted molar refractivity (Wildman–Crippen MR) is 61.5 cm³/mol. The highest BCUT2D eigenvalue weighted by Crippen LogP contribution is 2.15. The molecule has 4 nitrogen and oxygen atoms in total. The van der Waals surface area contributed by atoms with Crippen molar-refractivity contribution in [1.29, 1.82) is 0 Å². The van der Waals surface area contributed by atoms with Crippen molar-refractivity contribution < 1.29 is 19.8 Å². The molecule has 5 heteroatoms. The van der Waals surface area contributed by atoms with Crippen LogP contribution in [0.3, 0.4) is 0 Å². The van der Waals surface area contributed by atoms with Crippen molar-refractivity contribution in [3.63, 3.8) is 0 Å². The van der Waals surface area contributed by atoms with E-state index >= 15 is 0 Å². The number of rotatable bonds is 8. The van der Waals surface area contributed by atoms with Crippen LogP contribution in [0.25, 0.3) is 0 Å². The van der Waals surface area contributed by atoms with Gasteiger partial charge in [-0.15, -0.1) is 0 Å². The monoisotopic (exact) mass is 248 g/mol. The standard InChI is InChI=1S/C11H17ClO4/c1-8(13)11(12)9(14)6-4-2-3-5-7-10(15)16/h14H,2-7H2,1H3,(H,15,16)/b11-9+. The van der Waals surface area contributed by atoms with E-state index in [1.807, 2.05) is 0 Å². The van der Waals surface area contributed by atoms with Crippen LogP contribution < -0.4 is 0 Å². The van der Waals surface area contributed by atoms with E-state index in [0.717, 1.165) is 12.8 Å². The van der Waals surface area contributed by atoms with Gasteiger partial charge >= 0.3 is 5.97 Å². The van der Waals surface area contributed by atoms with E-state index in [9.17, 15) is 14.7 Å². The molecule has 16 heavy (non-hydrogen) atoms. The number of carbonyl (C=O) groups is 2. The summed E-state index contributed by atoms with van der Waals surface area (Å²) in [5.41, 5.74) is 0. The van der Waals surface area contributed by atoms with Crippen LogP contribution in [0.15, 0.2) is 10.8 Å². The fourth-order valence-electron chi connectivity index (χ4n) is 1.24. The summed E-state index contributed by atoms with van der Waals surface area (Å²) in [6.07, 6.45) is 3.51. The van der Waals surface area contributed by atoms with Crippen LogP contribution in [0.4, 0.5) is 0 Å². The Morgan fingerprint density at radius 3 is 1.94 bits per heavy atom. The lowest BCUT2D eigenvalue weighted by molar-refractivity contribution is -0.137. The Hall–Kier alpha value is -1.03. The van der Waals surface area contributed by atoms with E-state index in [0.29, 0.717) is 19.3 Å². The SMILES string of the molecule is CC(=O)/C(Cl)=C(\O)CCCCCCC(=O)O. The Kier molecular flexibility index (Phi) is 7.64. The lowest BCUT2D eigenvalue weighted by atomic mass is 10.1. The lowest BCUT2D eigenvalue weighted by Gasteiger charge is -2.02. The molecule has 0 amide bonds. The van der Waals surface area contributed by atoms with E-state index in [1.165, 1.54) is 6.92 Å². The van der Waals surface area contributed by atoms with Crippen LogP contribution in [0.1, 0.15) is 45.4 Å². The summed E-state index contributed by atoms with van der Waals surface area (Å²) < 4.78 is 0. The molecule has 0 aromatic carbocycles. The number of halogens is 1. The van der Waals surface area contributed by atoms with Gasteiger partial charge in [0.1, 0.15) is 10.8 Å². The Balaban J connectivity index is 3.63. The zero-order chi connectivity index (χ0) is 12.6. The van der Waals surface area contributed by atoms with E-state index < -0.39 is 5.97 Å². The fraction of sp³-hybridized carbons (Fsp3) is 0.636. The molecular weight excluding hydrogens is 232 g/mol. The molecule has 0 heterocycles. The van der Waals surface area contributed by atoms with Gasteiger partial charge in [-0.05, 0) is 12.8 Å². The Labute approximate surface area is 99.9 Å². The summed E-state index contributed by atoms with van der Waals surface area (Å²) in [5, 5.41) is 17.6. The van der Waals surface area contributed by atoms with E-state index in [1.54, 1.807) is 0 Å². The third-order valence-electron chi connectivity index (χ3n) is 2.12. The van der Waals surface area contributed by atoms with Crippen LogP contribution in [0, 0.1) is 0 Å². The average molecular weight is 249 g/mol. The van der Waals surface area contributed by atoms with Crippen LogP contribution in [-0.4, -0.2) is 22.0 Å². The molecule has 0 aliphatic carbocycles. The number of ketones is 1. The lowest BCUT2D eigenvalue weighted by Crippen LogP contribution is -1.96. The summed E-state index contributed by atoms with van der Waals surface area (Å²) in [5.74, 6) is -1.21. The smallest absolute Gasteiger partial charge is 0.303 e. The maximum Gasteiger partial charge on any atom is 0.303 e. The van der Waals surface area contributed by atoms with Crippen LogP contribution >= 0.6 is 11.6 Å². The number of unbranched alkanes of at least 4 members (excludes halogenated alkanes) is 3.